The van der Waals surface area contributed by atoms with E-state index in [1.807, 2.05) is 42.2 Å². The molecular weight excluding hydrogens is 372 g/mol. The van der Waals surface area contributed by atoms with Gasteiger partial charge >= 0.3 is 0 Å². The quantitative estimate of drug-likeness (QED) is 0.502. The van der Waals surface area contributed by atoms with Gasteiger partial charge in [0, 0.05) is 17.6 Å². The van der Waals surface area contributed by atoms with Gasteiger partial charge in [0.2, 0.25) is 0 Å². The molecule has 4 aromatic heterocycles. The van der Waals surface area contributed by atoms with Crippen LogP contribution in [0.4, 0.5) is 5.69 Å². The van der Waals surface area contributed by atoms with Gasteiger partial charge in [-0.25, -0.2) is 4.98 Å². The van der Waals surface area contributed by atoms with E-state index in [-0.39, 0.29) is 5.91 Å². The number of aryl methyl sites for hydroxylation is 3. The first-order valence-corrected chi connectivity index (χ1v) is 10.0. The number of rotatable bonds is 2. The molecule has 0 saturated carbocycles. The molecule has 0 unspecified atom stereocenters. The van der Waals surface area contributed by atoms with Crippen molar-refractivity contribution in [3.8, 4) is 10.6 Å². The number of amides is 1. The lowest BCUT2D eigenvalue weighted by Crippen LogP contribution is -2.36. The Labute approximate surface area is 165 Å². The summed E-state index contributed by atoms with van der Waals surface area (Å²) in [5.74, 6) is -0.0674. The molecule has 0 radical (unpaired) electrons. The minimum absolute atomic E-state index is 0.0674. The van der Waals surface area contributed by atoms with E-state index in [0.717, 1.165) is 34.8 Å². The molecule has 0 N–H and O–H groups in total. The molecule has 28 heavy (non-hydrogen) atoms. The van der Waals surface area contributed by atoms with Crippen molar-refractivity contribution in [3.05, 3.63) is 58.4 Å². The maximum Gasteiger partial charge on any atom is 0.259 e. The topological polar surface area (TPSA) is 72.1 Å². The Bertz CT molecular complexity index is 1210. The van der Waals surface area contributed by atoms with Crippen LogP contribution in [0, 0.1) is 13.8 Å². The summed E-state index contributed by atoms with van der Waals surface area (Å²) in [4.78, 5) is 26.7. The van der Waals surface area contributed by atoms with Gasteiger partial charge < -0.3 is 9.42 Å². The van der Waals surface area contributed by atoms with Crippen LogP contribution in [0.2, 0.25) is 0 Å². The Kier molecular flexibility index (Phi) is 3.98. The van der Waals surface area contributed by atoms with Gasteiger partial charge in [-0.15, -0.1) is 11.3 Å². The van der Waals surface area contributed by atoms with E-state index >= 15 is 0 Å². The second-order valence-corrected chi connectivity index (χ2v) is 8.23. The van der Waals surface area contributed by atoms with Crippen LogP contribution in [0.15, 0.2) is 41.1 Å². The molecule has 1 amide bonds. The third-order valence-corrected chi connectivity index (χ3v) is 6.06. The summed E-state index contributed by atoms with van der Waals surface area (Å²) in [5, 5.41) is 4.73. The van der Waals surface area contributed by atoms with Gasteiger partial charge in [0.15, 0.2) is 0 Å². The summed E-state index contributed by atoms with van der Waals surface area (Å²) < 4.78 is 5.43. The number of nitrogens with zero attached hydrogens (tertiary/aromatic N) is 4. The van der Waals surface area contributed by atoms with E-state index in [4.69, 9.17) is 4.52 Å². The first-order valence-electron chi connectivity index (χ1n) is 9.21. The van der Waals surface area contributed by atoms with E-state index in [1.54, 1.807) is 17.5 Å². The maximum absolute atomic E-state index is 13.6. The number of thiophene rings is 1. The number of fused-ring (bicyclic) bond motifs is 2. The van der Waals surface area contributed by atoms with Crippen LogP contribution in [0.25, 0.3) is 21.7 Å². The molecule has 5 rings (SSSR count). The third kappa shape index (κ3) is 2.70. The number of hydrogen-bond acceptors (Lipinski definition) is 6. The number of hydrogen-bond donors (Lipinski definition) is 0. The fraction of sp³-hybridized carbons (Fsp3) is 0.238. The Morgan fingerprint density at radius 3 is 2.96 bits per heavy atom. The van der Waals surface area contributed by atoms with Crippen molar-refractivity contribution in [2.45, 2.75) is 26.7 Å². The minimum atomic E-state index is -0.0674. The summed E-state index contributed by atoms with van der Waals surface area (Å²) >= 11 is 1.64. The second kappa shape index (κ2) is 6.53. The highest BCUT2D eigenvalue weighted by Crippen LogP contribution is 2.33. The second-order valence-electron chi connectivity index (χ2n) is 6.94. The van der Waals surface area contributed by atoms with Crippen molar-refractivity contribution in [2.75, 3.05) is 11.4 Å². The number of carbonyl (C=O) groups is 1. The molecule has 140 valence electrons. The molecule has 0 aromatic carbocycles. The Morgan fingerprint density at radius 2 is 2.14 bits per heavy atom. The van der Waals surface area contributed by atoms with Gasteiger partial charge in [-0.05, 0) is 57.0 Å². The lowest BCUT2D eigenvalue weighted by molar-refractivity contribution is 0.0986. The molecule has 6 nitrogen and oxygen atoms in total. The molecule has 0 saturated heterocycles. The Morgan fingerprint density at radius 1 is 1.25 bits per heavy atom. The molecule has 0 aliphatic carbocycles. The van der Waals surface area contributed by atoms with E-state index in [2.05, 4.69) is 22.0 Å². The van der Waals surface area contributed by atoms with Crippen LogP contribution >= 0.6 is 11.3 Å². The zero-order valence-corrected chi connectivity index (χ0v) is 16.4. The van der Waals surface area contributed by atoms with Gasteiger partial charge in [0.25, 0.3) is 11.6 Å². The highest BCUT2D eigenvalue weighted by molar-refractivity contribution is 7.15. The smallest absolute Gasteiger partial charge is 0.259 e. The monoisotopic (exact) mass is 390 g/mol. The molecule has 0 spiro atoms. The minimum Gasteiger partial charge on any atom is -0.335 e. The van der Waals surface area contributed by atoms with Crippen molar-refractivity contribution >= 4 is 34.0 Å². The van der Waals surface area contributed by atoms with E-state index < -0.39 is 0 Å². The van der Waals surface area contributed by atoms with Gasteiger partial charge in [0.05, 0.1) is 38.6 Å². The first-order chi connectivity index (χ1) is 13.6. The average Bonchev–Trinajstić information content (AvgIpc) is 3.32. The predicted octanol–water partition coefficient (Wildman–Crippen LogP) is 4.56. The lowest BCUT2D eigenvalue weighted by atomic mass is 10.0. The Balaban J connectivity index is 1.68. The van der Waals surface area contributed by atoms with Crippen molar-refractivity contribution in [3.63, 3.8) is 0 Å². The van der Waals surface area contributed by atoms with Gasteiger partial charge in [-0.1, -0.05) is 5.16 Å². The fourth-order valence-corrected chi connectivity index (χ4v) is 4.54. The number of pyridine rings is 2. The van der Waals surface area contributed by atoms with Gasteiger partial charge in [-0.2, -0.15) is 0 Å². The van der Waals surface area contributed by atoms with Crippen LogP contribution < -0.4 is 4.90 Å². The summed E-state index contributed by atoms with van der Waals surface area (Å²) in [6, 6.07) is 9.76. The molecule has 0 bridgehead atoms. The predicted molar refractivity (Wildman–Crippen MR) is 109 cm³/mol. The zero-order valence-electron chi connectivity index (χ0n) is 15.6. The zero-order chi connectivity index (χ0) is 19.3. The van der Waals surface area contributed by atoms with Crippen LogP contribution in [-0.4, -0.2) is 27.6 Å². The van der Waals surface area contributed by atoms with Crippen LogP contribution in [0.1, 0.15) is 33.0 Å². The molecule has 1 aliphatic heterocycles. The molecular formula is C21H18N4O2S. The fourth-order valence-electron chi connectivity index (χ4n) is 3.71. The standard InChI is InChI=1S/C21H18N4O2S/c1-12-7-8-18(28-12)16-11-14(19-13(2)24-27-20(19)23-16)21(26)25-10-4-5-15-17(25)6-3-9-22-15/h3,6-9,11H,4-5,10H2,1-2H3. The lowest BCUT2D eigenvalue weighted by Gasteiger charge is -2.28. The van der Waals surface area contributed by atoms with Gasteiger partial charge in [-0.3, -0.25) is 9.78 Å². The largest absolute Gasteiger partial charge is 0.335 e. The number of carbonyl (C=O) groups excluding carboxylic acids is 1. The van der Waals surface area contributed by atoms with E-state index in [0.29, 0.717) is 28.9 Å². The maximum atomic E-state index is 13.6. The number of anilines is 1. The highest BCUT2D eigenvalue weighted by atomic mass is 32.1. The van der Waals surface area contributed by atoms with Crippen molar-refractivity contribution in [1.29, 1.82) is 0 Å². The molecule has 0 fully saturated rings. The van der Waals surface area contributed by atoms with Crippen molar-refractivity contribution in [1.82, 2.24) is 15.1 Å². The first kappa shape index (κ1) is 17.1. The van der Waals surface area contributed by atoms with Crippen molar-refractivity contribution < 1.29 is 9.32 Å². The third-order valence-electron chi connectivity index (χ3n) is 5.04. The normalized spacial score (nSPS) is 13.7. The van der Waals surface area contributed by atoms with Gasteiger partial charge in [0.1, 0.15) is 0 Å². The summed E-state index contributed by atoms with van der Waals surface area (Å²) in [6.07, 6.45) is 3.56. The molecule has 4 aromatic rings. The number of aromatic nitrogens is 3. The molecule has 5 heterocycles. The average molecular weight is 390 g/mol. The summed E-state index contributed by atoms with van der Waals surface area (Å²) in [5.41, 5.74) is 4.21. The van der Waals surface area contributed by atoms with Crippen LogP contribution in [0.3, 0.4) is 0 Å². The SMILES string of the molecule is Cc1ccc(-c2cc(C(=O)N3CCCc4ncccc43)c3c(C)noc3n2)s1. The van der Waals surface area contributed by atoms with Crippen LogP contribution in [-0.2, 0) is 6.42 Å². The van der Waals surface area contributed by atoms with E-state index in [1.165, 1.54) is 4.88 Å². The Hall–Kier alpha value is -3.06. The molecule has 1 aliphatic rings. The highest BCUT2D eigenvalue weighted by Gasteiger charge is 2.28. The molecule has 7 heteroatoms. The summed E-state index contributed by atoms with van der Waals surface area (Å²) in [7, 11) is 0. The van der Waals surface area contributed by atoms with E-state index in [9.17, 15) is 4.79 Å². The van der Waals surface area contributed by atoms with Crippen molar-refractivity contribution in [2.24, 2.45) is 0 Å². The molecule has 0 atom stereocenters. The summed E-state index contributed by atoms with van der Waals surface area (Å²) in [6.45, 7) is 4.55. The van der Waals surface area contributed by atoms with Crippen LogP contribution in [0.5, 0.6) is 0 Å².